The lowest BCUT2D eigenvalue weighted by atomic mass is 9.73. The molecule has 0 aromatic rings. The van der Waals surface area contributed by atoms with Crippen molar-refractivity contribution in [3.63, 3.8) is 0 Å². The molecule has 0 aliphatic heterocycles. The van der Waals surface area contributed by atoms with Gasteiger partial charge >= 0.3 is 0 Å². The molecule has 1 rings (SSSR count). The molecule has 1 aliphatic rings. The van der Waals surface area contributed by atoms with E-state index in [1.807, 2.05) is 0 Å². The molecule has 0 amide bonds. The molecule has 120 valence electrons. The summed E-state index contributed by atoms with van der Waals surface area (Å²) in [7, 11) is 4.33. The van der Waals surface area contributed by atoms with E-state index in [-0.39, 0.29) is 5.54 Å². The van der Waals surface area contributed by atoms with Gasteiger partial charge in [0, 0.05) is 31.7 Å². The lowest BCUT2D eigenvalue weighted by Gasteiger charge is -2.49. The Bertz CT molecular complexity index is 265. The summed E-state index contributed by atoms with van der Waals surface area (Å²) >= 11 is 0. The van der Waals surface area contributed by atoms with Gasteiger partial charge in [0.05, 0.1) is 0 Å². The zero-order valence-corrected chi connectivity index (χ0v) is 14.5. The first-order chi connectivity index (χ1) is 9.43. The van der Waals surface area contributed by atoms with Gasteiger partial charge in [-0.1, -0.05) is 40.0 Å². The van der Waals surface area contributed by atoms with Crippen molar-refractivity contribution in [1.82, 2.24) is 9.80 Å². The molecule has 20 heavy (non-hydrogen) atoms. The summed E-state index contributed by atoms with van der Waals surface area (Å²) in [5, 5.41) is 0. The molecule has 0 aromatic heterocycles. The lowest BCUT2D eigenvalue weighted by molar-refractivity contribution is 0.0218. The van der Waals surface area contributed by atoms with Crippen molar-refractivity contribution in [3.8, 4) is 0 Å². The standard InChI is InChI=1S/C17H37N3/c1-6-16-8-7-9-17(12-16,14-18)20(13-15(2)3)11-10-19(4)5/h15-16H,6-14,18H2,1-5H3. The largest absolute Gasteiger partial charge is 0.329 e. The van der Waals surface area contributed by atoms with Gasteiger partial charge in [0.2, 0.25) is 0 Å². The van der Waals surface area contributed by atoms with E-state index in [0.29, 0.717) is 5.92 Å². The molecule has 0 spiro atoms. The molecule has 0 heterocycles. The number of rotatable bonds is 8. The fourth-order valence-electron chi connectivity index (χ4n) is 3.70. The molecule has 0 radical (unpaired) electrons. The summed E-state index contributed by atoms with van der Waals surface area (Å²) < 4.78 is 0. The summed E-state index contributed by atoms with van der Waals surface area (Å²) in [4.78, 5) is 5.01. The van der Waals surface area contributed by atoms with Crippen LogP contribution in [0.3, 0.4) is 0 Å². The topological polar surface area (TPSA) is 32.5 Å². The Morgan fingerprint density at radius 3 is 2.45 bits per heavy atom. The summed E-state index contributed by atoms with van der Waals surface area (Å²) in [6, 6.07) is 0. The van der Waals surface area contributed by atoms with Crippen molar-refractivity contribution < 1.29 is 0 Å². The maximum Gasteiger partial charge on any atom is 0.0335 e. The van der Waals surface area contributed by atoms with Gasteiger partial charge in [-0.05, 0) is 38.8 Å². The van der Waals surface area contributed by atoms with Gasteiger partial charge < -0.3 is 10.6 Å². The van der Waals surface area contributed by atoms with E-state index in [1.165, 1.54) is 38.6 Å². The lowest BCUT2D eigenvalue weighted by Crippen LogP contribution is -2.58. The number of hydrogen-bond donors (Lipinski definition) is 1. The molecular formula is C17H37N3. The summed E-state index contributed by atoms with van der Waals surface area (Å²) in [6.45, 7) is 11.3. The Morgan fingerprint density at radius 2 is 1.95 bits per heavy atom. The van der Waals surface area contributed by atoms with E-state index in [4.69, 9.17) is 5.73 Å². The molecule has 1 aliphatic carbocycles. The normalized spacial score (nSPS) is 27.8. The van der Waals surface area contributed by atoms with Gasteiger partial charge in [-0.25, -0.2) is 0 Å². The predicted octanol–water partition coefficient (Wildman–Crippen LogP) is 2.80. The quantitative estimate of drug-likeness (QED) is 0.743. The van der Waals surface area contributed by atoms with Crippen LogP contribution in [-0.2, 0) is 0 Å². The smallest absolute Gasteiger partial charge is 0.0335 e. The van der Waals surface area contributed by atoms with Crippen molar-refractivity contribution in [2.24, 2.45) is 17.6 Å². The van der Waals surface area contributed by atoms with Gasteiger partial charge in [0.1, 0.15) is 0 Å². The third-order valence-corrected chi connectivity index (χ3v) is 4.95. The molecule has 1 fully saturated rings. The van der Waals surface area contributed by atoms with E-state index in [0.717, 1.165) is 25.6 Å². The molecule has 0 bridgehead atoms. The highest BCUT2D eigenvalue weighted by Gasteiger charge is 2.39. The van der Waals surface area contributed by atoms with E-state index < -0.39 is 0 Å². The minimum atomic E-state index is 0.263. The molecule has 2 unspecified atom stereocenters. The van der Waals surface area contributed by atoms with Crippen molar-refractivity contribution >= 4 is 0 Å². The number of nitrogens with zero attached hydrogens (tertiary/aromatic N) is 2. The van der Waals surface area contributed by atoms with Crippen LogP contribution >= 0.6 is 0 Å². The van der Waals surface area contributed by atoms with Gasteiger partial charge in [0.25, 0.3) is 0 Å². The summed E-state index contributed by atoms with van der Waals surface area (Å²) in [6.07, 6.45) is 6.67. The van der Waals surface area contributed by atoms with Gasteiger partial charge in [-0.2, -0.15) is 0 Å². The third kappa shape index (κ3) is 5.01. The first-order valence-corrected chi connectivity index (χ1v) is 8.53. The van der Waals surface area contributed by atoms with Crippen LogP contribution in [0.1, 0.15) is 52.9 Å². The van der Waals surface area contributed by atoms with Crippen LogP contribution in [-0.4, -0.2) is 55.6 Å². The molecule has 3 nitrogen and oxygen atoms in total. The molecular weight excluding hydrogens is 246 g/mol. The zero-order valence-electron chi connectivity index (χ0n) is 14.5. The maximum absolute atomic E-state index is 6.28. The molecule has 0 saturated heterocycles. The predicted molar refractivity (Wildman–Crippen MR) is 89.0 cm³/mol. The molecule has 2 atom stereocenters. The number of likely N-dealkylation sites (N-methyl/N-ethyl adjacent to an activating group) is 1. The van der Waals surface area contributed by atoms with E-state index >= 15 is 0 Å². The highest BCUT2D eigenvalue weighted by Crippen LogP contribution is 2.38. The first-order valence-electron chi connectivity index (χ1n) is 8.53. The van der Waals surface area contributed by atoms with Crippen LogP contribution in [0, 0.1) is 11.8 Å². The van der Waals surface area contributed by atoms with Crippen LogP contribution in [0.2, 0.25) is 0 Å². The minimum absolute atomic E-state index is 0.263. The van der Waals surface area contributed by atoms with Crippen molar-refractivity contribution in [1.29, 1.82) is 0 Å². The fraction of sp³-hybridized carbons (Fsp3) is 1.00. The molecule has 3 heteroatoms. The highest BCUT2D eigenvalue weighted by atomic mass is 15.2. The molecule has 2 N–H and O–H groups in total. The Labute approximate surface area is 126 Å². The second-order valence-electron chi connectivity index (χ2n) is 7.44. The average molecular weight is 284 g/mol. The highest BCUT2D eigenvalue weighted by molar-refractivity contribution is 4.97. The van der Waals surface area contributed by atoms with Crippen LogP contribution in [0.5, 0.6) is 0 Å². The van der Waals surface area contributed by atoms with E-state index in [2.05, 4.69) is 44.7 Å². The van der Waals surface area contributed by atoms with Crippen molar-refractivity contribution in [2.75, 3.05) is 40.3 Å². The van der Waals surface area contributed by atoms with Crippen molar-refractivity contribution in [2.45, 2.75) is 58.4 Å². The van der Waals surface area contributed by atoms with E-state index in [1.54, 1.807) is 0 Å². The Kier molecular flexibility index (Phi) is 7.49. The Balaban J connectivity index is 2.81. The third-order valence-electron chi connectivity index (χ3n) is 4.95. The zero-order chi connectivity index (χ0) is 15.2. The number of hydrogen-bond acceptors (Lipinski definition) is 3. The van der Waals surface area contributed by atoms with Gasteiger partial charge in [-0.15, -0.1) is 0 Å². The Hall–Kier alpha value is -0.120. The summed E-state index contributed by atoms with van der Waals surface area (Å²) in [5.41, 5.74) is 6.55. The fourth-order valence-corrected chi connectivity index (χ4v) is 3.70. The van der Waals surface area contributed by atoms with Gasteiger partial charge in [0.15, 0.2) is 0 Å². The second kappa shape index (κ2) is 8.35. The molecule has 0 aromatic carbocycles. The summed E-state index contributed by atoms with van der Waals surface area (Å²) in [5.74, 6) is 1.59. The van der Waals surface area contributed by atoms with Crippen LogP contribution in [0.4, 0.5) is 0 Å². The minimum Gasteiger partial charge on any atom is -0.329 e. The maximum atomic E-state index is 6.28. The van der Waals surface area contributed by atoms with Crippen molar-refractivity contribution in [3.05, 3.63) is 0 Å². The second-order valence-corrected chi connectivity index (χ2v) is 7.44. The van der Waals surface area contributed by atoms with E-state index in [9.17, 15) is 0 Å². The van der Waals surface area contributed by atoms with Crippen LogP contribution in [0.25, 0.3) is 0 Å². The Morgan fingerprint density at radius 1 is 1.25 bits per heavy atom. The monoisotopic (exact) mass is 283 g/mol. The van der Waals surface area contributed by atoms with Gasteiger partial charge in [-0.3, -0.25) is 4.90 Å². The number of nitrogens with two attached hydrogens (primary N) is 1. The SMILES string of the molecule is CCC1CCCC(CN)(N(CCN(C)C)CC(C)C)C1. The average Bonchev–Trinajstić information content (AvgIpc) is 2.42. The molecule has 1 saturated carbocycles. The first kappa shape index (κ1) is 17.9. The van der Waals surface area contributed by atoms with Crippen LogP contribution in [0.15, 0.2) is 0 Å². The van der Waals surface area contributed by atoms with Crippen LogP contribution < -0.4 is 5.73 Å².